The lowest BCUT2D eigenvalue weighted by atomic mass is 10.1. The van der Waals surface area contributed by atoms with Crippen LogP contribution in [0, 0.1) is 10.1 Å². The fourth-order valence-electron chi connectivity index (χ4n) is 1.16. The lowest BCUT2D eigenvalue weighted by Gasteiger charge is -2.17. The molecule has 0 aliphatic carbocycles. The normalized spacial score (nSPS) is 11.9. The highest BCUT2D eigenvalue weighted by molar-refractivity contribution is 5.35. The van der Waals surface area contributed by atoms with Crippen molar-refractivity contribution in [2.75, 3.05) is 0 Å². The summed E-state index contributed by atoms with van der Waals surface area (Å²) in [7, 11) is 0. The Hall–Kier alpha value is -1.72. The number of nitro benzene ring substituents is 1. The van der Waals surface area contributed by atoms with E-state index in [2.05, 4.69) is 0 Å². The SMILES string of the molecule is CC=CC(O)(O)c1ccc([N+](=O)[O-])cc1. The van der Waals surface area contributed by atoms with Gasteiger partial charge in [-0.1, -0.05) is 6.08 Å². The first-order valence-corrected chi connectivity index (χ1v) is 4.31. The molecule has 0 spiro atoms. The van der Waals surface area contributed by atoms with E-state index in [4.69, 9.17) is 0 Å². The molecule has 80 valence electrons. The van der Waals surface area contributed by atoms with Crippen LogP contribution >= 0.6 is 0 Å². The van der Waals surface area contributed by atoms with E-state index in [-0.39, 0.29) is 11.3 Å². The predicted octanol–water partition coefficient (Wildman–Crippen LogP) is 1.31. The van der Waals surface area contributed by atoms with Crippen molar-refractivity contribution in [2.24, 2.45) is 0 Å². The molecule has 0 radical (unpaired) electrons. The van der Waals surface area contributed by atoms with Gasteiger partial charge in [0.25, 0.3) is 5.69 Å². The minimum absolute atomic E-state index is 0.0879. The summed E-state index contributed by atoms with van der Waals surface area (Å²) in [5.41, 5.74) is 0.0984. The lowest BCUT2D eigenvalue weighted by molar-refractivity contribution is -0.384. The van der Waals surface area contributed by atoms with Crippen molar-refractivity contribution in [1.29, 1.82) is 0 Å². The maximum atomic E-state index is 10.4. The number of hydrogen-bond acceptors (Lipinski definition) is 4. The summed E-state index contributed by atoms with van der Waals surface area (Å²) in [5, 5.41) is 29.4. The highest BCUT2D eigenvalue weighted by atomic mass is 16.6. The molecule has 5 nitrogen and oxygen atoms in total. The molecule has 0 aromatic heterocycles. The maximum absolute atomic E-state index is 10.4. The van der Waals surface area contributed by atoms with Crippen LogP contribution in [0.5, 0.6) is 0 Å². The van der Waals surface area contributed by atoms with E-state index in [9.17, 15) is 20.3 Å². The van der Waals surface area contributed by atoms with Gasteiger partial charge in [0.15, 0.2) is 0 Å². The van der Waals surface area contributed by atoms with Gasteiger partial charge in [0.1, 0.15) is 0 Å². The average Bonchev–Trinajstić information content (AvgIpc) is 2.18. The summed E-state index contributed by atoms with van der Waals surface area (Å²) in [6.45, 7) is 1.65. The molecule has 0 heterocycles. The molecule has 15 heavy (non-hydrogen) atoms. The fourth-order valence-corrected chi connectivity index (χ4v) is 1.16. The number of hydrogen-bond donors (Lipinski definition) is 2. The first-order valence-electron chi connectivity index (χ1n) is 4.31. The second-order valence-corrected chi connectivity index (χ2v) is 3.03. The summed E-state index contributed by atoms with van der Waals surface area (Å²) < 4.78 is 0. The third-order valence-corrected chi connectivity index (χ3v) is 1.90. The van der Waals surface area contributed by atoms with E-state index in [0.29, 0.717) is 0 Å². The molecule has 0 bridgehead atoms. The molecular formula is C10H11NO4. The molecular weight excluding hydrogens is 198 g/mol. The minimum atomic E-state index is -2.08. The third-order valence-electron chi connectivity index (χ3n) is 1.90. The number of aliphatic hydroxyl groups is 2. The van der Waals surface area contributed by atoms with Crippen LogP contribution in [-0.2, 0) is 5.79 Å². The fraction of sp³-hybridized carbons (Fsp3) is 0.200. The molecule has 0 amide bonds. The summed E-state index contributed by atoms with van der Waals surface area (Å²) >= 11 is 0. The van der Waals surface area contributed by atoms with Gasteiger partial charge in [0, 0.05) is 17.7 Å². The number of nitrogens with zero attached hydrogens (tertiary/aromatic N) is 1. The Morgan fingerprint density at radius 2 is 1.87 bits per heavy atom. The Morgan fingerprint density at radius 3 is 2.27 bits per heavy atom. The van der Waals surface area contributed by atoms with Gasteiger partial charge in [-0.25, -0.2) is 0 Å². The van der Waals surface area contributed by atoms with E-state index in [1.54, 1.807) is 6.92 Å². The Balaban J connectivity index is 3.03. The summed E-state index contributed by atoms with van der Waals surface area (Å²) in [6, 6.07) is 5.05. The van der Waals surface area contributed by atoms with Gasteiger partial charge < -0.3 is 10.2 Å². The van der Waals surface area contributed by atoms with Crippen LogP contribution in [0.15, 0.2) is 36.4 Å². The van der Waals surface area contributed by atoms with Gasteiger partial charge in [-0.3, -0.25) is 10.1 Å². The van der Waals surface area contributed by atoms with Crippen molar-refractivity contribution in [3.8, 4) is 0 Å². The second kappa shape index (κ2) is 4.20. The molecule has 0 saturated heterocycles. The van der Waals surface area contributed by atoms with Crippen molar-refractivity contribution in [3.05, 3.63) is 52.1 Å². The highest BCUT2D eigenvalue weighted by Crippen LogP contribution is 2.22. The Kier molecular flexibility index (Phi) is 3.18. The summed E-state index contributed by atoms with van der Waals surface area (Å²) in [6.07, 6.45) is 2.68. The minimum Gasteiger partial charge on any atom is -0.359 e. The predicted molar refractivity (Wildman–Crippen MR) is 54.0 cm³/mol. The molecule has 1 aromatic rings. The van der Waals surface area contributed by atoms with Gasteiger partial charge in [-0.15, -0.1) is 0 Å². The average molecular weight is 209 g/mol. The maximum Gasteiger partial charge on any atom is 0.269 e. The summed E-state index contributed by atoms with van der Waals surface area (Å²) in [4.78, 5) is 9.81. The van der Waals surface area contributed by atoms with Gasteiger partial charge in [-0.2, -0.15) is 0 Å². The molecule has 0 unspecified atom stereocenters. The van der Waals surface area contributed by atoms with Gasteiger partial charge in [-0.05, 0) is 25.1 Å². The molecule has 0 fully saturated rings. The monoisotopic (exact) mass is 209 g/mol. The van der Waals surface area contributed by atoms with Crippen molar-refractivity contribution in [2.45, 2.75) is 12.7 Å². The van der Waals surface area contributed by atoms with Gasteiger partial charge in [0.2, 0.25) is 5.79 Å². The topological polar surface area (TPSA) is 83.6 Å². The zero-order valence-corrected chi connectivity index (χ0v) is 8.12. The number of allylic oxidation sites excluding steroid dienone is 1. The standard InChI is InChI=1S/C10H11NO4/c1-2-7-10(12,13)8-3-5-9(6-4-8)11(14)15/h2-7,12-13H,1H3. The molecule has 0 atom stereocenters. The molecule has 0 aliphatic heterocycles. The zero-order chi connectivity index (χ0) is 11.5. The molecule has 0 saturated carbocycles. The Bertz CT molecular complexity index is 381. The summed E-state index contributed by atoms with van der Waals surface area (Å²) in [5.74, 6) is -2.08. The number of non-ortho nitro benzene ring substituents is 1. The third kappa shape index (κ3) is 2.61. The largest absolute Gasteiger partial charge is 0.359 e. The molecule has 5 heteroatoms. The van der Waals surface area contributed by atoms with Crippen molar-refractivity contribution in [1.82, 2.24) is 0 Å². The van der Waals surface area contributed by atoms with Crippen LogP contribution in [0.1, 0.15) is 12.5 Å². The van der Waals surface area contributed by atoms with Crippen molar-refractivity contribution >= 4 is 5.69 Å². The van der Waals surface area contributed by atoms with E-state index in [1.165, 1.54) is 36.4 Å². The van der Waals surface area contributed by atoms with E-state index < -0.39 is 10.7 Å². The molecule has 1 aromatic carbocycles. The van der Waals surface area contributed by atoms with Crippen LogP contribution < -0.4 is 0 Å². The van der Waals surface area contributed by atoms with Gasteiger partial charge in [0.05, 0.1) is 4.92 Å². The zero-order valence-electron chi connectivity index (χ0n) is 8.12. The quantitative estimate of drug-likeness (QED) is 0.340. The smallest absolute Gasteiger partial charge is 0.269 e. The molecule has 1 rings (SSSR count). The van der Waals surface area contributed by atoms with Crippen LogP contribution in [0.2, 0.25) is 0 Å². The number of nitro groups is 1. The lowest BCUT2D eigenvalue weighted by Crippen LogP contribution is -2.21. The van der Waals surface area contributed by atoms with Gasteiger partial charge >= 0.3 is 0 Å². The molecule has 0 aliphatic rings. The van der Waals surface area contributed by atoms with Crippen molar-refractivity contribution in [3.63, 3.8) is 0 Å². The van der Waals surface area contributed by atoms with Crippen LogP contribution in [0.3, 0.4) is 0 Å². The van der Waals surface area contributed by atoms with E-state index in [0.717, 1.165) is 0 Å². The van der Waals surface area contributed by atoms with Crippen LogP contribution in [0.4, 0.5) is 5.69 Å². The highest BCUT2D eigenvalue weighted by Gasteiger charge is 2.22. The first-order chi connectivity index (χ1) is 6.97. The Labute approximate surface area is 86.4 Å². The van der Waals surface area contributed by atoms with Crippen molar-refractivity contribution < 1.29 is 15.1 Å². The van der Waals surface area contributed by atoms with Crippen LogP contribution in [-0.4, -0.2) is 15.1 Å². The Morgan fingerprint density at radius 1 is 1.33 bits per heavy atom. The first kappa shape index (κ1) is 11.4. The van der Waals surface area contributed by atoms with Crippen LogP contribution in [0.25, 0.3) is 0 Å². The molecule has 2 N–H and O–H groups in total. The number of rotatable bonds is 3. The van der Waals surface area contributed by atoms with E-state index >= 15 is 0 Å². The second-order valence-electron chi connectivity index (χ2n) is 3.03. The van der Waals surface area contributed by atoms with E-state index in [1.807, 2.05) is 0 Å². The number of benzene rings is 1.